The van der Waals surface area contributed by atoms with Gasteiger partial charge in [-0.2, -0.15) is 0 Å². The van der Waals surface area contributed by atoms with E-state index in [1.807, 2.05) is 12.1 Å². The van der Waals surface area contributed by atoms with Crippen molar-refractivity contribution in [2.45, 2.75) is 6.54 Å². The van der Waals surface area contributed by atoms with Gasteiger partial charge in [-0.1, -0.05) is 34.1 Å². The van der Waals surface area contributed by atoms with Crippen molar-refractivity contribution in [3.63, 3.8) is 0 Å². The fourth-order valence-corrected chi connectivity index (χ4v) is 2.94. The molecule has 1 aromatic heterocycles. The van der Waals surface area contributed by atoms with Gasteiger partial charge >= 0.3 is 0 Å². The molecule has 3 nitrogen and oxygen atoms in total. The molecule has 1 aliphatic heterocycles. The molecule has 4 rings (SSSR count). The predicted octanol–water partition coefficient (Wildman–Crippen LogP) is 4.69. The van der Waals surface area contributed by atoms with Crippen LogP contribution in [0.1, 0.15) is 5.56 Å². The van der Waals surface area contributed by atoms with Gasteiger partial charge < -0.3 is 14.0 Å². The van der Waals surface area contributed by atoms with Crippen molar-refractivity contribution in [2.24, 2.45) is 0 Å². The van der Waals surface area contributed by atoms with Crippen molar-refractivity contribution in [2.75, 3.05) is 6.79 Å². The van der Waals surface area contributed by atoms with Gasteiger partial charge in [-0.05, 0) is 47.5 Å². The molecule has 0 atom stereocenters. The summed E-state index contributed by atoms with van der Waals surface area (Å²) in [5.74, 6) is 1.65. The second kappa shape index (κ2) is 5.54. The van der Waals surface area contributed by atoms with Gasteiger partial charge in [-0.15, -0.1) is 0 Å². The van der Waals surface area contributed by atoms with Gasteiger partial charge in [0.25, 0.3) is 0 Å². The summed E-state index contributed by atoms with van der Waals surface area (Å²) in [6.45, 7) is 1.11. The molecule has 0 N–H and O–H groups in total. The topological polar surface area (TPSA) is 23.4 Å². The van der Waals surface area contributed by atoms with E-state index in [0.29, 0.717) is 6.79 Å². The maximum atomic E-state index is 5.45. The SMILES string of the molecule is Brc1ccc(-c2cccn2Cc2ccc3c(c2)OCO3)cc1. The second-order valence-electron chi connectivity index (χ2n) is 5.22. The average molecular weight is 356 g/mol. The van der Waals surface area contributed by atoms with E-state index < -0.39 is 0 Å². The number of benzene rings is 2. The maximum Gasteiger partial charge on any atom is 0.231 e. The highest BCUT2D eigenvalue weighted by molar-refractivity contribution is 9.10. The minimum Gasteiger partial charge on any atom is -0.454 e. The van der Waals surface area contributed by atoms with Gasteiger partial charge in [0.05, 0.1) is 0 Å². The number of ether oxygens (including phenoxy) is 2. The second-order valence-corrected chi connectivity index (χ2v) is 6.13. The smallest absolute Gasteiger partial charge is 0.231 e. The predicted molar refractivity (Wildman–Crippen MR) is 89.2 cm³/mol. The van der Waals surface area contributed by atoms with Gasteiger partial charge in [0.1, 0.15) is 0 Å². The molecule has 3 aromatic rings. The number of hydrogen-bond acceptors (Lipinski definition) is 2. The maximum absolute atomic E-state index is 5.45. The van der Waals surface area contributed by atoms with Crippen molar-refractivity contribution in [3.05, 3.63) is 70.8 Å². The van der Waals surface area contributed by atoms with Crippen LogP contribution in [0.2, 0.25) is 0 Å². The largest absolute Gasteiger partial charge is 0.454 e. The third-order valence-corrected chi connectivity index (χ3v) is 4.29. The van der Waals surface area contributed by atoms with Crippen LogP contribution in [0.3, 0.4) is 0 Å². The van der Waals surface area contributed by atoms with Crippen LogP contribution in [0, 0.1) is 0 Å². The first kappa shape index (κ1) is 13.5. The van der Waals surface area contributed by atoms with E-state index in [-0.39, 0.29) is 0 Å². The standard InChI is InChI=1S/C18H14BrNO2/c19-15-6-4-14(5-7-15)16-2-1-9-20(16)11-13-3-8-17-18(10-13)22-12-21-17/h1-10H,11-12H2. The lowest BCUT2D eigenvalue weighted by Crippen LogP contribution is -2.00. The fourth-order valence-electron chi connectivity index (χ4n) is 2.67. The first-order chi connectivity index (χ1) is 10.8. The number of nitrogens with zero attached hydrogens (tertiary/aromatic N) is 1. The normalized spacial score (nSPS) is 12.6. The zero-order valence-electron chi connectivity index (χ0n) is 11.8. The molecule has 0 bridgehead atoms. The molecule has 1 aliphatic rings. The third-order valence-electron chi connectivity index (χ3n) is 3.76. The molecule has 110 valence electrons. The number of fused-ring (bicyclic) bond motifs is 1. The van der Waals surface area contributed by atoms with Gasteiger partial charge in [-0.25, -0.2) is 0 Å². The average Bonchev–Trinajstić information content (AvgIpc) is 3.17. The molecule has 0 spiro atoms. The molecule has 0 unspecified atom stereocenters. The molecule has 22 heavy (non-hydrogen) atoms. The third kappa shape index (κ3) is 2.50. The van der Waals surface area contributed by atoms with Gasteiger partial charge in [0, 0.05) is 22.9 Å². The van der Waals surface area contributed by atoms with Crippen LogP contribution in [0.5, 0.6) is 11.5 Å². The molecular weight excluding hydrogens is 342 g/mol. The van der Waals surface area contributed by atoms with Crippen molar-refractivity contribution >= 4 is 15.9 Å². The summed E-state index contributed by atoms with van der Waals surface area (Å²) in [6, 6.07) is 18.7. The lowest BCUT2D eigenvalue weighted by Gasteiger charge is -2.10. The summed E-state index contributed by atoms with van der Waals surface area (Å²) >= 11 is 3.48. The molecule has 0 aliphatic carbocycles. The highest BCUT2D eigenvalue weighted by Crippen LogP contribution is 2.33. The molecule has 0 saturated carbocycles. The van der Waals surface area contributed by atoms with Crippen LogP contribution >= 0.6 is 15.9 Å². The van der Waals surface area contributed by atoms with Crippen LogP contribution < -0.4 is 9.47 Å². The van der Waals surface area contributed by atoms with Crippen LogP contribution in [-0.4, -0.2) is 11.4 Å². The van der Waals surface area contributed by atoms with E-state index in [1.165, 1.54) is 16.8 Å². The first-order valence-corrected chi connectivity index (χ1v) is 7.88. The lowest BCUT2D eigenvalue weighted by molar-refractivity contribution is 0.174. The zero-order chi connectivity index (χ0) is 14.9. The Morgan fingerprint density at radius 1 is 0.955 bits per heavy atom. The van der Waals surface area contributed by atoms with E-state index in [0.717, 1.165) is 22.5 Å². The van der Waals surface area contributed by atoms with Crippen LogP contribution in [-0.2, 0) is 6.54 Å². The lowest BCUT2D eigenvalue weighted by atomic mass is 10.1. The van der Waals surface area contributed by atoms with Crippen LogP contribution in [0.15, 0.2) is 65.3 Å². The number of rotatable bonds is 3. The van der Waals surface area contributed by atoms with Crippen molar-refractivity contribution in [3.8, 4) is 22.8 Å². The summed E-state index contributed by atoms with van der Waals surface area (Å²) in [5.41, 5.74) is 3.60. The Morgan fingerprint density at radius 3 is 2.64 bits per heavy atom. The van der Waals surface area contributed by atoms with E-state index >= 15 is 0 Å². The van der Waals surface area contributed by atoms with Gasteiger partial charge in [-0.3, -0.25) is 0 Å². The van der Waals surface area contributed by atoms with E-state index in [1.54, 1.807) is 0 Å². The molecule has 2 heterocycles. The fraction of sp³-hybridized carbons (Fsp3) is 0.111. The Balaban J connectivity index is 1.64. The quantitative estimate of drug-likeness (QED) is 0.679. The minimum absolute atomic E-state index is 0.312. The van der Waals surface area contributed by atoms with E-state index in [2.05, 4.69) is 69.2 Å². The summed E-state index contributed by atoms with van der Waals surface area (Å²) in [7, 11) is 0. The number of halogens is 1. The summed E-state index contributed by atoms with van der Waals surface area (Å²) in [4.78, 5) is 0. The van der Waals surface area contributed by atoms with Crippen LogP contribution in [0.25, 0.3) is 11.3 Å². The first-order valence-electron chi connectivity index (χ1n) is 7.09. The number of hydrogen-bond donors (Lipinski definition) is 0. The summed E-state index contributed by atoms with van der Waals surface area (Å²) in [6.07, 6.45) is 2.10. The molecule has 4 heteroatoms. The summed E-state index contributed by atoms with van der Waals surface area (Å²) in [5, 5.41) is 0. The van der Waals surface area contributed by atoms with Gasteiger partial charge in [0.15, 0.2) is 11.5 Å². The molecule has 0 radical (unpaired) electrons. The van der Waals surface area contributed by atoms with E-state index in [4.69, 9.17) is 9.47 Å². The monoisotopic (exact) mass is 355 g/mol. The zero-order valence-corrected chi connectivity index (χ0v) is 13.4. The number of aromatic nitrogens is 1. The Morgan fingerprint density at radius 2 is 1.77 bits per heavy atom. The van der Waals surface area contributed by atoms with Crippen molar-refractivity contribution < 1.29 is 9.47 Å². The Bertz CT molecular complexity index is 808. The Hall–Kier alpha value is -2.20. The Kier molecular flexibility index (Phi) is 3.39. The molecule has 0 amide bonds. The van der Waals surface area contributed by atoms with Crippen molar-refractivity contribution in [1.82, 2.24) is 4.57 Å². The molecule has 2 aromatic carbocycles. The minimum atomic E-state index is 0.312. The van der Waals surface area contributed by atoms with Crippen LogP contribution in [0.4, 0.5) is 0 Å². The molecule has 0 saturated heterocycles. The van der Waals surface area contributed by atoms with Gasteiger partial charge in [0.2, 0.25) is 6.79 Å². The highest BCUT2D eigenvalue weighted by Gasteiger charge is 2.13. The Labute approximate surface area is 137 Å². The molecular formula is C18H14BrNO2. The van der Waals surface area contributed by atoms with Crippen molar-refractivity contribution in [1.29, 1.82) is 0 Å². The van der Waals surface area contributed by atoms with E-state index in [9.17, 15) is 0 Å². The summed E-state index contributed by atoms with van der Waals surface area (Å²) < 4.78 is 14.1. The molecule has 0 fully saturated rings. The highest BCUT2D eigenvalue weighted by atomic mass is 79.9.